The highest BCUT2D eigenvalue weighted by atomic mass is 127. The Balaban J connectivity index is 2.37. The van der Waals surface area contributed by atoms with E-state index in [1.165, 1.54) is 23.2 Å². The van der Waals surface area contributed by atoms with Gasteiger partial charge < -0.3 is 0 Å². The SMILES string of the molecule is O=c1c(I)c(Cl)ncn1Cc1cncc(F)c1. The van der Waals surface area contributed by atoms with Gasteiger partial charge >= 0.3 is 0 Å². The van der Waals surface area contributed by atoms with Gasteiger partial charge in [-0.3, -0.25) is 14.3 Å². The molecule has 2 heterocycles. The molecule has 0 saturated carbocycles. The van der Waals surface area contributed by atoms with E-state index in [4.69, 9.17) is 11.6 Å². The number of rotatable bonds is 2. The first-order chi connectivity index (χ1) is 8.08. The van der Waals surface area contributed by atoms with Gasteiger partial charge in [-0.2, -0.15) is 0 Å². The summed E-state index contributed by atoms with van der Waals surface area (Å²) < 4.78 is 14.6. The van der Waals surface area contributed by atoms with Crippen molar-refractivity contribution in [2.75, 3.05) is 0 Å². The molecule has 0 amide bonds. The normalized spacial score (nSPS) is 10.5. The second-order valence-electron chi connectivity index (χ2n) is 3.29. The summed E-state index contributed by atoms with van der Waals surface area (Å²) in [5.74, 6) is -0.438. The Morgan fingerprint density at radius 1 is 1.47 bits per heavy atom. The summed E-state index contributed by atoms with van der Waals surface area (Å²) in [6, 6.07) is 1.32. The Morgan fingerprint density at radius 2 is 2.24 bits per heavy atom. The Bertz CT molecular complexity index is 617. The molecule has 2 aromatic heterocycles. The molecule has 0 saturated heterocycles. The van der Waals surface area contributed by atoms with Crippen LogP contribution in [0, 0.1) is 9.39 Å². The summed E-state index contributed by atoms with van der Waals surface area (Å²) in [6.45, 7) is 0.212. The molecule has 0 bridgehead atoms. The predicted molar refractivity (Wildman–Crippen MR) is 69.5 cm³/mol. The molecule has 2 rings (SSSR count). The van der Waals surface area contributed by atoms with Crippen molar-refractivity contribution in [3.05, 3.63) is 55.2 Å². The first-order valence-electron chi connectivity index (χ1n) is 4.58. The lowest BCUT2D eigenvalue weighted by atomic mass is 10.3. The highest BCUT2D eigenvalue weighted by molar-refractivity contribution is 14.1. The zero-order chi connectivity index (χ0) is 12.4. The van der Waals surface area contributed by atoms with Gasteiger partial charge in [0.05, 0.1) is 19.1 Å². The summed E-state index contributed by atoms with van der Waals surface area (Å²) in [5.41, 5.74) is 0.335. The van der Waals surface area contributed by atoms with Crippen molar-refractivity contribution >= 4 is 34.2 Å². The zero-order valence-corrected chi connectivity index (χ0v) is 11.3. The first kappa shape index (κ1) is 12.4. The van der Waals surface area contributed by atoms with Crippen LogP contribution in [0.15, 0.2) is 29.6 Å². The van der Waals surface area contributed by atoms with Gasteiger partial charge in [-0.1, -0.05) is 11.6 Å². The molecule has 0 atom stereocenters. The van der Waals surface area contributed by atoms with E-state index in [9.17, 15) is 9.18 Å². The second kappa shape index (κ2) is 5.09. The number of halogens is 3. The lowest BCUT2D eigenvalue weighted by molar-refractivity contribution is 0.614. The van der Waals surface area contributed by atoms with E-state index in [1.807, 2.05) is 22.6 Å². The van der Waals surface area contributed by atoms with E-state index in [-0.39, 0.29) is 17.3 Å². The summed E-state index contributed by atoms with van der Waals surface area (Å²) >= 11 is 7.54. The Morgan fingerprint density at radius 3 is 2.94 bits per heavy atom. The number of nitrogens with zero attached hydrogens (tertiary/aromatic N) is 3. The molecule has 0 radical (unpaired) electrons. The topological polar surface area (TPSA) is 47.8 Å². The minimum atomic E-state index is -0.438. The van der Waals surface area contributed by atoms with Crippen molar-refractivity contribution < 1.29 is 4.39 Å². The van der Waals surface area contributed by atoms with Gasteiger partial charge in [-0.05, 0) is 34.2 Å². The smallest absolute Gasteiger partial charge is 0.268 e. The molecule has 0 spiro atoms. The molecule has 0 aliphatic rings. The van der Waals surface area contributed by atoms with E-state index in [0.717, 1.165) is 6.20 Å². The fraction of sp³-hybridized carbons (Fsp3) is 0.100. The van der Waals surface area contributed by atoms with Crippen molar-refractivity contribution in [3.63, 3.8) is 0 Å². The van der Waals surface area contributed by atoms with Crippen LogP contribution in [0.2, 0.25) is 5.15 Å². The van der Waals surface area contributed by atoms with Crippen LogP contribution in [0.3, 0.4) is 0 Å². The quantitative estimate of drug-likeness (QED) is 0.605. The third-order valence-corrected chi connectivity index (χ3v) is 3.63. The van der Waals surface area contributed by atoms with Gasteiger partial charge in [0.25, 0.3) is 5.56 Å². The average Bonchev–Trinajstić information content (AvgIpc) is 2.30. The molecule has 7 heteroatoms. The van der Waals surface area contributed by atoms with Crippen LogP contribution in [0.25, 0.3) is 0 Å². The molecular formula is C10H6ClFIN3O. The van der Waals surface area contributed by atoms with Gasteiger partial charge in [-0.15, -0.1) is 0 Å². The molecular weight excluding hydrogens is 359 g/mol. The lowest BCUT2D eigenvalue weighted by Gasteiger charge is -2.05. The fourth-order valence-corrected chi connectivity index (χ4v) is 1.87. The molecule has 2 aromatic rings. The highest BCUT2D eigenvalue weighted by Gasteiger charge is 2.07. The monoisotopic (exact) mass is 365 g/mol. The molecule has 4 nitrogen and oxygen atoms in total. The molecule has 17 heavy (non-hydrogen) atoms. The van der Waals surface area contributed by atoms with Crippen LogP contribution < -0.4 is 5.56 Å². The molecule has 0 aliphatic heterocycles. The summed E-state index contributed by atoms with van der Waals surface area (Å²) in [7, 11) is 0. The Hall–Kier alpha value is -1.02. The maximum absolute atomic E-state index is 12.9. The predicted octanol–water partition coefficient (Wildman–Crippen LogP) is 2.08. The van der Waals surface area contributed by atoms with E-state index >= 15 is 0 Å². The van der Waals surface area contributed by atoms with Crippen molar-refractivity contribution in [2.24, 2.45) is 0 Å². The Labute approximate surface area is 115 Å². The van der Waals surface area contributed by atoms with Crippen molar-refractivity contribution in [2.45, 2.75) is 6.54 Å². The third kappa shape index (κ3) is 2.81. The summed E-state index contributed by atoms with van der Waals surface area (Å²) in [6.07, 6.45) is 3.94. The maximum Gasteiger partial charge on any atom is 0.268 e. The maximum atomic E-state index is 12.9. The van der Waals surface area contributed by atoms with Crippen LogP contribution in [0.5, 0.6) is 0 Å². The van der Waals surface area contributed by atoms with Crippen molar-refractivity contribution in [1.82, 2.24) is 14.5 Å². The van der Waals surface area contributed by atoms with E-state index < -0.39 is 5.82 Å². The van der Waals surface area contributed by atoms with E-state index in [0.29, 0.717) is 9.13 Å². The summed E-state index contributed by atoms with van der Waals surface area (Å²) in [5, 5.41) is 0.171. The number of hydrogen-bond acceptors (Lipinski definition) is 3. The zero-order valence-electron chi connectivity index (χ0n) is 8.40. The van der Waals surface area contributed by atoms with Crippen LogP contribution in [-0.2, 0) is 6.54 Å². The van der Waals surface area contributed by atoms with Crippen LogP contribution in [0.1, 0.15) is 5.56 Å². The first-order valence-corrected chi connectivity index (χ1v) is 6.03. The molecule has 0 fully saturated rings. The van der Waals surface area contributed by atoms with Gasteiger partial charge in [0, 0.05) is 6.20 Å². The van der Waals surface area contributed by atoms with Crippen LogP contribution in [0.4, 0.5) is 4.39 Å². The van der Waals surface area contributed by atoms with Crippen LogP contribution >= 0.6 is 34.2 Å². The standard InChI is InChI=1S/C10H6ClFIN3O/c11-9-8(13)10(17)16(5-15-9)4-6-1-7(12)3-14-2-6/h1-3,5H,4H2. The minimum Gasteiger partial charge on any atom is -0.294 e. The number of hydrogen-bond donors (Lipinski definition) is 0. The minimum absolute atomic E-state index is 0.171. The van der Waals surface area contributed by atoms with Gasteiger partial charge in [-0.25, -0.2) is 9.37 Å². The number of aromatic nitrogens is 3. The number of pyridine rings is 1. The lowest BCUT2D eigenvalue weighted by Crippen LogP contribution is -2.23. The largest absolute Gasteiger partial charge is 0.294 e. The second-order valence-corrected chi connectivity index (χ2v) is 4.73. The summed E-state index contributed by atoms with van der Waals surface area (Å²) in [4.78, 5) is 19.4. The van der Waals surface area contributed by atoms with Gasteiger partial charge in [0.1, 0.15) is 14.5 Å². The van der Waals surface area contributed by atoms with Gasteiger partial charge in [0.2, 0.25) is 0 Å². The van der Waals surface area contributed by atoms with Crippen molar-refractivity contribution in [1.29, 1.82) is 0 Å². The average molecular weight is 366 g/mol. The van der Waals surface area contributed by atoms with Crippen LogP contribution in [-0.4, -0.2) is 14.5 Å². The molecule has 0 aromatic carbocycles. The van der Waals surface area contributed by atoms with E-state index in [1.54, 1.807) is 0 Å². The third-order valence-electron chi connectivity index (χ3n) is 2.05. The van der Waals surface area contributed by atoms with Gasteiger partial charge in [0.15, 0.2) is 0 Å². The molecule has 88 valence electrons. The van der Waals surface area contributed by atoms with Crippen molar-refractivity contribution in [3.8, 4) is 0 Å². The highest BCUT2D eigenvalue weighted by Crippen LogP contribution is 2.10. The van der Waals surface area contributed by atoms with E-state index in [2.05, 4.69) is 9.97 Å². The Kier molecular flexibility index (Phi) is 3.72. The molecule has 0 aliphatic carbocycles. The fourth-order valence-electron chi connectivity index (χ4n) is 1.30. The molecule has 0 unspecified atom stereocenters. The molecule has 0 N–H and O–H groups in total.